The van der Waals surface area contributed by atoms with Crippen molar-refractivity contribution in [1.82, 2.24) is 0 Å². The molecule has 0 aliphatic heterocycles. The lowest BCUT2D eigenvalue weighted by molar-refractivity contribution is -0.0607. The van der Waals surface area contributed by atoms with Crippen LogP contribution in [0.1, 0.15) is 0 Å². The number of rotatable bonds is 4. The van der Waals surface area contributed by atoms with Gasteiger partial charge in [0.15, 0.2) is 12.7 Å². The molecule has 9 heavy (non-hydrogen) atoms. The monoisotopic (exact) mass is 137 g/mol. The predicted molar refractivity (Wildman–Crippen MR) is 32.4 cm³/mol. The van der Waals surface area contributed by atoms with E-state index in [1.165, 1.54) is 7.11 Å². The van der Waals surface area contributed by atoms with Gasteiger partial charge in [-0.3, -0.25) is 0 Å². The molecule has 0 aromatic rings. The van der Waals surface area contributed by atoms with Gasteiger partial charge in [0.2, 0.25) is 0 Å². The molecule has 56 valence electrons. The van der Waals surface area contributed by atoms with Gasteiger partial charge in [0.25, 0.3) is 0 Å². The van der Waals surface area contributed by atoms with E-state index in [1.807, 2.05) is 0 Å². The van der Waals surface area contributed by atoms with E-state index in [9.17, 15) is 0 Å². The molecule has 2 unspecified atom stereocenters. The molecule has 0 bridgehead atoms. The number of aliphatic hydroxyl groups excluding tert-OH is 2. The highest BCUT2D eigenvalue weighted by atomic mass is 16.5. The maximum atomic E-state index is 8.85. The maximum absolute atomic E-state index is 8.85. The number of aliphatic hydroxyl groups is 2. The molecule has 2 atom stereocenters. The molecule has 4 N–H and O–H groups in total. The Morgan fingerprint density at radius 1 is 1.67 bits per heavy atom. The molecular formula is C5H13O4+. The highest BCUT2D eigenvalue weighted by Crippen LogP contribution is 1.94. The number of hydrogen-bond acceptors (Lipinski definition) is 3. The molecule has 0 spiro atoms. The third-order valence-electron chi connectivity index (χ3n) is 1.12. The smallest absolute Gasteiger partial charge is 0.172 e. The van der Waals surface area contributed by atoms with Crippen LogP contribution in [0.4, 0.5) is 0 Å². The average molecular weight is 137 g/mol. The normalized spacial score (nSPS) is 17.3. The topological polar surface area (TPSA) is 72.6 Å². The molecule has 0 aromatic heterocycles. The molecule has 0 saturated carbocycles. The summed E-state index contributed by atoms with van der Waals surface area (Å²) < 4.78 is 4.63. The van der Waals surface area contributed by atoms with E-state index in [1.54, 1.807) is 0 Å². The first-order valence-corrected chi connectivity index (χ1v) is 2.72. The van der Waals surface area contributed by atoms with Crippen LogP contribution in [0, 0.1) is 0 Å². The fourth-order valence-electron chi connectivity index (χ4n) is 0.485. The van der Waals surface area contributed by atoms with Gasteiger partial charge in [0.05, 0.1) is 6.61 Å². The molecule has 4 nitrogen and oxygen atoms in total. The van der Waals surface area contributed by atoms with E-state index in [-0.39, 0.29) is 13.2 Å². The second-order valence-corrected chi connectivity index (χ2v) is 1.73. The summed E-state index contributed by atoms with van der Waals surface area (Å²) >= 11 is 0. The van der Waals surface area contributed by atoms with Crippen molar-refractivity contribution in [1.29, 1.82) is 0 Å². The van der Waals surface area contributed by atoms with Gasteiger partial charge in [-0.1, -0.05) is 0 Å². The minimum absolute atomic E-state index is 0.140. The fourth-order valence-corrected chi connectivity index (χ4v) is 0.485. The summed E-state index contributed by atoms with van der Waals surface area (Å²) in [4.78, 5) is 0. The Kier molecular flexibility index (Phi) is 4.61. The van der Waals surface area contributed by atoms with Crippen LogP contribution in [-0.2, 0) is 4.74 Å². The summed E-state index contributed by atoms with van der Waals surface area (Å²) in [5, 5.41) is 24.0. The van der Waals surface area contributed by atoms with Crippen molar-refractivity contribution < 1.29 is 20.1 Å². The van der Waals surface area contributed by atoms with Crippen LogP contribution in [0.2, 0.25) is 0 Å². The van der Waals surface area contributed by atoms with Crippen LogP contribution in [-0.4, -0.2) is 47.9 Å². The third-order valence-corrected chi connectivity index (χ3v) is 1.12. The van der Waals surface area contributed by atoms with Gasteiger partial charge < -0.3 is 20.1 Å². The molecule has 0 aliphatic rings. The molecule has 0 rings (SSSR count). The molecule has 0 saturated heterocycles. The third kappa shape index (κ3) is 2.76. The first-order chi connectivity index (χ1) is 4.26. The van der Waals surface area contributed by atoms with Crippen LogP contribution in [0.15, 0.2) is 0 Å². The Hall–Kier alpha value is -0.160. The van der Waals surface area contributed by atoms with Gasteiger partial charge in [-0.05, 0) is 0 Å². The zero-order valence-electron chi connectivity index (χ0n) is 5.37. The van der Waals surface area contributed by atoms with Crippen molar-refractivity contribution in [2.24, 2.45) is 0 Å². The van der Waals surface area contributed by atoms with Crippen LogP contribution >= 0.6 is 0 Å². The van der Waals surface area contributed by atoms with E-state index in [0.717, 1.165) is 0 Å². The van der Waals surface area contributed by atoms with Crippen LogP contribution < -0.4 is 0 Å². The fraction of sp³-hybridized carbons (Fsp3) is 1.00. The van der Waals surface area contributed by atoms with E-state index < -0.39 is 12.2 Å². The van der Waals surface area contributed by atoms with Crippen LogP contribution in [0.3, 0.4) is 0 Å². The summed E-state index contributed by atoms with van der Waals surface area (Å²) in [5.74, 6) is 0. The Morgan fingerprint density at radius 2 is 2.22 bits per heavy atom. The van der Waals surface area contributed by atoms with Crippen molar-refractivity contribution in [3.8, 4) is 0 Å². The van der Waals surface area contributed by atoms with Gasteiger partial charge in [-0.25, -0.2) is 0 Å². The first kappa shape index (κ1) is 8.84. The van der Waals surface area contributed by atoms with Crippen molar-refractivity contribution in [2.45, 2.75) is 12.2 Å². The zero-order valence-corrected chi connectivity index (χ0v) is 5.37. The van der Waals surface area contributed by atoms with Crippen molar-refractivity contribution >= 4 is 0 Å². The number of ether oxygens (including phenoxy) is 1. The molecule has 0 radical (unpaired) electrons. The van der Waals surface area contributed by atoms with Gasteiger partial charge in [0, 0.05) is 7.11 Å². The number of methoxy groups -OCH3 is 1. The van der Waals surface area contributed by atoms with E-state index in [0.29, 0.717) is 0 Å². The highest BCUT2D eigenvalue weighted by molar-refractivity contribution is 4.65. The largest absolute Gasteiger partial charge is 0.443 e. The lowest BCUT2D eigenvalue weighted by atomic mass is 10.2. The molecule has 4 heteroatoms. The van der Waals surface area contributed by atoms with Gasteiger partial charge >= 0.3 is 0 Å². The summed E-state index contributed by atoms with van der Waals surface area (Å²) in [5.41, 5.74) is 0. The van der Waals surface area contributed by atoms with Gasteiger partial charge in [-0.2, -0.15) is 0 Å². The van der Waals surface area contributed by atoms with Crippen LogP contribution in [0.5, 0.6) is 0 Å². The summed E-state index contributed by atoms with van der Waals surface area (Å²) in [6.45, 7) is -0.379. The van der Waals surface area contributed by atoms with E-state index >= 15 is 0 Å². The van der Waals surface area contributed by atoms with Gasteiger partial charge in [0.1, 0.15) is 6.10 Å². The van der Waals surface area contributed by atoms with Crippen LogP contribution in [0.25, 0.3) is 0 Å². The SMILES string of the molecule is COC(CO)C(O)C[OH2+]. The maximum Gasteiger partial charge on any atom is 0.172 e. The van der Waals surface area contributed by atoms with Crippen molar-refractivity contribution in [3.63, 3.8) is 0 Å². The Bertz CT molecular complexity index is 62.0. The summed E-state index contributed by atoms with van der Waals surface area (Å²) in [7, 11) is 1.39. The predicted octanol–water partition coefficient (Wildman–Crippen LogP) is -1.92. The standard InChI is InChI=1S/C5H12O4/c1-9-5(3-7)4(8)2-6/h4-8H,2-3H2,1H3/p+1. The van der Waals surface area contributed by atoms with Crippen molar-refractivity contribution in [3.05, 3.63) is 0 Å². The number of hydrogen-bond donors (Lipinski definition) is 2. The molecule has 0 aromatic carbocycles. The molecule has 0 amide bonds. The van der Waals surface area contributed by atoms with E-state index in [2.05, 4.69) is 4.74 Å². The Morgan fingerprint density at radius 3 is 2.33 bits per heavy atom. The average Bonchev–Trinajstić information content (AvgIpc) is 1.90. The minimum atomic E-state index is -0.875. The van der Waals surface area contributed by atoms with Crippen molar-refractivity contribution in [2.75, 3.05) is 20.3 Å². The zero-order chi connectivity index (χ0) is 7.28. The molecular weight excluding hydrogens is 124 g/mol. The Balaban J connectivity index is 3.50. The minimum Gasteiger partial charge on any atom is -0.443 e. The summed E-state index contributed by atoms with van der Waals surface area (Å²) in [6.07, 6.45) is -1.48. The first-order valence-electron chi connectivity index (χ1n) is 2.72. The summed E-state index contributed by atoms with van der Waals surface area (Å²) in [6, 6.07) is 0. The lowest BCUT2D eigenvalue weighted by Crippen LogP contribution is -2.33. The van der Waals surface area contributed by atoms with Gasteiger partial charge in [-0.15, -0.1) is 0 Å². The molecule has 0 fully saturated rings. The quantitative estimate of drug-likeness (QED) is 0.444. The second-order valence-electron chi connectivity index (χ2n) is 1.73. The second kappa shape index (κ2) is 4.69. The highest BCUT2D eigenvalue weighted by Gasteiger charge is 2.17. The Labute approximate surface area is 53.7 Å². The lowest BCUT2D eigenvalue weighted by Gasteiger charge is -2.14. The molecule has 0 heterocycles. The molecule has 0 aliphatic carbocycles. The van der Waals surface area contributed by atoms with E-state index in [4.69, 9.17) is 15.3 Å².